The van der Waals surface area contributed by atoms with Gasteiger partial charge in [-0.25, -0.2) is 0 Å². The van der Waals surface area contributed by atoms with Crippen molar-refractivity contribution in [3.05, 3.63) is 35.9 Å². The van der Waals surface area contributed by atoms with Gasteiger partial charge in [0, 0.05) is 18.0 Å². The molecular formula is C26H41N3O2. The summed E-state index contributed by atoms with van der Waals surface area (Å²) < 4.78 is 0. The molecule has 1 saturated carbocycles. The summed E-state index contributed by atoms with van der Waals surface area (Å²) in [6.07, 6.45) is 9.11. The summed E-state index contributed by atoms with van der Waals surface area (Å²) in [5, 5.41) is 14.4. The normalized spacial score (nSPS) is 35.6. The van der Waals surface area contributed by atoms with E-state index in [-0.39, 0.29) is 23.5 Å². The quantitative estimate of drug-likeness (QED) is 0.708. The molecule has 4 atom stereocenters. The van der Waals surface area contributed by atoms with Crippen LogP contribution in [0.3, 0.4) is 0 Å². The summed E-state index contributed by atoms with van der Waals surface area (Å²) >= 11 is 0. The number of amides is 1. The smallest absolute Gasteiger partial charge is 0.240 e. The summed E-state index contributed by atoms with van der Waals surface area (Å²) in [6.45, 7) is 5.95. The SMILES string of the molecule is CN1CCCC[C@]1(C)C(=O)NC[C@@]1(c2ccccc2)CC[C@H](O)[C@@H](N2CCCC2)CC1. The number of piperidine rings is 1. The number of nitrogens with zero attached hydrogens (tertiary/aromatic N) is 2. The molecule has 2 N–H and O–H groups in total. The molecule has 0 radical (unpaired) electrons. The van der Waals surface area contributed by atoms with Gasteiger partial charge >= 0.3 is 0 Å². The van der Waals surface area contributed by atoms with Gasteiger partial charge in [-0.05, 0) is 97.0 Å². The highest BCUT2D eigenvalue weighted by Gasteiger charge is 2.43. The summed E-state index contributed by atoms with van der Waals surface area (Å²) in [5.74, 6) is 0.158. The fraction of sp³-hybridized carbons (Fsp3) is 0.731. The third-order valence-corrected chi connectivity index (χ3v) is 8.60. The lowest BCUT2D eigenvalue weighted by atomic mass is 9.74. The predicted molar refractivity (Wildman–Crippen MR) is 125 cm³/mol. The van der Waals surface area contributed by atoms with Crippen molar-refractivity contribution in [2.24, 2.45) is 0 Å². The molecule has 2 aliphatic heterocycles. The highest BCUT2D eigenvalue weighted by atomic mass is 16.3. The lowest BCUT2D eigenvalue weighted by Crippen LogP contribution is -2.59. The van der Waals surface area contributed by atoms with Crippen molar-refractivity contribution in [1.82, 2.24) is 15.1 Å². The van der Waals surface area contributed by atoms with E-state index in [2.05, 4.69) is 59.4 Å². The molecule has 5 heteroatoms. The number of rotatable bonds is 5. The summed E-state index contributed by atoms with van der Waals surface area (Å²) in [4.78, 5) is 18.1. The van der Waals surface area contributed by atoms with Gasteiger partial charge in [0.15, 0.2) is 0 Å². The Morgan fingerprint density at radius 2 is 1.71 bits per heavy atom. The lowest BCUT2D eigenvalue weighted by Gasteiger charge is -2.42. The number of carbonyl (C=O) groups excluding carboxylic acids is 1. The van der Waals surface area contributed by atoms with Crippen molar-refractivity contribution in [3.63, 3.8) is 0 Å². The maximum absolute atomic E-state index is 13.4. The maximum Gasteiger partial charge on any atom is 0.240 e. The standard InChI is InChI=1S/C26H41N3O2/c1-25(14-6-7-17-28(25)2)24(31)27-20-26(21-10-4-3-5-11-21)15-12-22(23(30)13-16-26)29-18-8-9-19-29/h3-5,10-11,22-23,30H,6-9,12-20H2,1-2H3,(H,27,31)/t22-,23-,25+,26-/m0/s1. The molecule has 3 fully saturated rings. The van der Waals surface area contributed by atoms with Gasteiger partial charge in [0.05, 0.1) is 11.6 Å². The van der Waals surface area contributed by atoms with Gasteiger partial charge in [-0.15, -0.1) is 0 Å². The van der Waals surface area contributed by atoms with Crippen LogP contribution in [0.1, 0.15) is 70.3 Å². The Kier molecular flexibility index (Phi) is 7.04. The van der Waals surface area contributed by atoms with Crippen molar-refractivity contribution in [3.8, 4) is 0 Å². The van der Waals surface area contributed by atoms with Gasteiger partial charge in [0.2, 0.25) is 5.91 Å². The Hall–Kier alpha value is -1.43. The Labute approximate surface area is 188 Å². The number of likely N-dealkylation sites (tertiary alicyclic amines) is 2. The molecule has 1 aromatic carbocycles. The zero-order chi connectivity index (χ0) is 21.9. The second-order valence-corrected chi connectivity index (χ2v) is 10.4. The first-order valence-corrected chi connectivity index (χ1v) is 12.4. The number of hydrogen-bond acceptors (Lipinski definition) is 4. The molecule has 172 valence electrons. The zero-order valence-corrected chi connectivity index (χ0v) is 19.5. The minimum Gasteiger partial charge on any atom is -0.391 e. The highest BCUT2D eigenvalue weighted by molar-refractivity contribution is 5.86. The molecule has 1 aliphatic carbocycles. The zero-order valence-electron chi connectivity index (χ0n) is 19.5. The van der Waals surface area contributed by atoms with Crippen LogP contribution in [0.2, 0.25) is 0 Å². The Morgan fingerprint density at radius 1 is 1.03 bits per heavy atom. The van der Waals surface area contributed by atoms with E-state index in [9.17, 15) is 9.90 Å². The van der Waals surface area contributed by atoms with Gasteiger partial charge in [0.1, 0.15) is 0 Å². The van der Waals surface area contributed by atoms with Crippen LogP contribution in [-0.2, 0) is 10.2 Å². The van der Waals surface area contributed by atoms with Crippen molar-refractivity contribution < 1.29 is 9.90 Å². The van der Waals surface area contributed by atoms with Crippen LogP contribution in [0.15, 0.2) is 30.3 Å². The molecular weight excluding hydrogens is 386 g/mol. The Balaban J connectivity index is 1.53. The molecule has 0 aromatic heterocycles. The minimum absolute atomic E-state index is 0.115. The average molecular weight is 428 g/mol. The van der Waals surface area contributed by atoms with Crippen LogP contribution in [0.25, 0.3) is 0 Å². The van der Waals surface area contributed by atoms with Crippen LogP contribution in [0.4, 0.5) is 0 Å². The predicted octanol–water partition coefficient (Wildman–Crippen LogP) is 3.31. The third kappa shape index (κ3) is 4.69. The first-order valence-electron chi connectivity index (χ1n) is 12.4. The molecule has 3 aliphatic rings. The lowest BCUT2D eigenvalue weighted by molar-refractivity contribution is -0.134. The fourth-order valence-electron chi connectivity index (χ4n) is 6.20. The van der Waals surface area contributed by atoms with E-state index in [0.29, 0.717) is 6.54 Å². The van der Waals surface area contributed by atoms with Crippen molar-refractivity contribution in [2.75, 3.05) is 33.2 Å². The largest absolute Gasteiger partial charge is 0.391 e. The summed E-state index contributed by atoms with van der Waals surface area (Å²) in [5.41, 5.74) is 0.765. The van der Waals surface area contributed by atoms with Gasteiger partial charge in [-0.2, -0.15) is 0 Å². The fourth-order valence-corrected chi connectivity index (χ4v) is 6.20. The number of benzene rings is 1. The van der Waals surface area contributed by atoms with Crippen molar-refractivity contribution in [1.29, 1.82) is 0 Å². The average Bonchev–Trinajstić information content (AvgIpc) is 3.26. The van der Waals surface area contributed by atoms with E-state index in [1.807, 2.05) is 0 Å². The molecule has 1 aromatic rings. The van der Waals surface area contributed by atoms with E-state index in [1.54, 1.807) is 0 Å². The minimum atomic E-state index is -0.418. The molecule has 2 saturated heterocycles. The van der Waals surface area contributed by atoms with Crippen LogP contribution in [0.5, 0.6) is 0 Å². The maximum atomic E-state index is 13.4. The van der Waals surface area contributed by atoms with E-state index in [0.717, 1.165) is 58.2 Å². The van der Waals surface area contributed by atoms with Crippen molar-refractivity contribution in [2.45, 2.75) is 87.8 Å². The second-order valence-electron chi connectivity index (χ2n) is 10.4. The van der Waals surface area contributed by atoms with Crippen LogP contribution >= 0.6 is 0 Å². The van der Waals surface area contributed by atoms with Gasteiger partial charge < -0.3 is 10.4 Å². The molecule has 2 heterocycles. The van der Waals surface area contributed by atoms with E-state index >= 15 is 0 Å². The first-order chi connectivity index (χ1) is 14.9. The van der Waals surface area contributed by atoms with Crippen LogP contribution in [-0.4, -0.2) is 71.7 Å². The molecule has 0 bridgehead atoms. The number of aliphatic hydroxyl groups excluding tert-OH is 1. The number of aliphatic hydroxyl groups is 1. The molecule has 0 unspecified atom stereocenters. The third-order valence-electron chi connectivity index (χ3n) is 8.60. The topological polar surface area (TPSA) is 55.8 Å². The summed E-state index contributed by atoms with van der Waals surface area (Å²) in [6, 6.07) is 11.0. The monoisotopic (exact) mass is 427 g/mol. The van der Waals surface area contributed by atoms with Crippen molar-refractivity contribution >= 4 is 5.91 Å². The molecule has 5 nitrogen and oxygen atoms in total. The Morgan fingerprint density at radius 3 is 2.42 bits per heavy atom. The molecule has 31 heavy (non-hydrogen) atoms. The number of likely N-dealkylation sites (N-methyl/N-ethyl adjacent to an activating group) is 1. The van der Waals surface area contributed by atoms with E-state index in [1.165, 1.54) is 24.8 Å². The highest BCUT2D eigenvalue weighted by Crippen LogP contribution is 2.40. The van der Waals surface area contributed by atoms with E-state index < -0.39 is 5.54 Å². The summed E-state index contributed by atoms with van der Waals surface area (Å²) in [7, 11) is 2.08. The number of nitrogens with one attached hydrogen (secondary N) is 1. The van der Waals surface area contributed by atoms with Gasteiger partial charge in [-0.1, -0.05) is 30.3 Å². The molecule has 4 rings (SSSR count). The number of hydrogen-bond donors (Lipinski definition) is 2. The molecule has 0 spiro atoms. The van der Waals surface area contributed by atoms with E-state index in [4.69, 9.17) is 0 Å². The molecule has 1 amide bonds. The Bertz CT molecular complexity index is 735. The number of carbonyl (C=O) groups is 1. The second kappa shape index (κ2) is 9.60. The first kappa shape index (κ1) is 22.8. The van der Waals surface area contributed by atoms with Gasteiger partial charge in [0.25, 0.3) is 0 Å². The van der Waals surface area contributed by atoms with Crippen LogP contribution in [0, 0.1) is 0 Å². The van der Waals surface area contributed by atoms with Crippen LogP contribution < -0.4 is 5.32 Å². The van der Waals surface area contributed by atoms with Gasteiger partial charge in [-0.3, -0.25) is 14.6 Å².